The summed E-state index contributed by atoms with van der Waals surface area (Å²) in [6.07, 6.45) is 6.30. The number of aromatic nitrogens is 1. The number of anilines is 1. The van der Waals surface area contributed by atoms with Crippen LogP contribution >= 0.6 is 0 Å². The lowest BCUT2D eigenvalue weighted by molar-refractivity contribution is 0.0932. The van der Waals surface area contributed by atoms with Crippen LogP contribution in [0.1, 0.15) is 40.4 Å². The van der Waals surface area contributed by atoms with Crippen LogP contribution in [-0.2, 0) is 6.42 Å². The molecule has 3 N–H and O–H groups in total. The summed E-state index contributed by atoms with van der Waals surface area (Å²) < 4.78 is 0. The Morgan fingerprint density at radius 1 is 1.35 bits per heavy atom. The predicted octanol–water partition coefficient (Wildman–Crippen LogP) is 2.47. The first-order valence-electron chi connectivity index (χ1n) is 6.83. The third-order valence-corrected chi connectivity index (χ3v) is 3.71. The average molecular weight is 267 g/mol. The third-order valence-electron chi connectivity index (χ3n) is 3.71. The number of amides is 1. The zero-order valence-corrected chi connectivity index (χ0v) is 11.2. The van der Waals surface area contributed by atoms with Gasteiger partial charge in [0.2, 0.25) is 0 Å². The molecule has 1 aromatic carbocycles. The fourth-order valence-corrected chi connectivity index (χ4v) is 2.72. The number of hydrogen-bond donors (Lipinski definition) is 2. The Morgan fingerprint density at radius 2 is 2.25 bits per heavy atom. The van der Waals surface area contributed by atoms with Crippen molar-refractivity contribution in [2.75, 3.05) is 5.73 Å². The Labute approximate surface area is 118 Å². The van der Waals surface area contributed by atoms with Crippen molar-refractivity contribution in [1.29, 1.82) is 0 Å². The number of nitrogens with two attached hydrogens (primary N) is 1. The summed E-state index contributed by atoms with van der Waals surface area (Å²) in [7, 11) is 0. The van der Waals surface area contributed by atoms with E-state index in [9.17, 15) is 4.79 Å². The second-order valence-electron chi connectivity index (χ2n) is 5.12. The lowest BCUT2D eigenvalue weighted by Crippen LogP contribution is -2.31. The summed E-state index contributed by atoms with van der Waals surface area (Å²) in [6, 6.07) is 9.54. The molecule has 1 aromatic heterocycles. The maximum Gasteiger partial charge on any atom is 0.253 e. The summed E-state index contributed by atoms with van der Waals surface area (Å²) in [5.41, 5.74) is 9.62. The highest BCUT2D eigenvalue weighted by Crippen LogP contribution is 2.31. The molecule has 4 heteroatoms. The number of pyridine rings is 1. The smallest absolute Gasteiger partial charge is 0.253 e. The molecule has 1 aliphatic carbocycles. The number of aryl methyl sites for hydroxylation is 1. The van der Waals surface area contributed by atoms with Gasteiger partial charge in [0, 0.05) is 18.1 Å². The van der Waals surface area contributed by atoms with Crippen LogP contribution in [-0.4, -0.2) is 10.9 Å². The lowest BCUT2D eigenvalue weighted by Gasteiger charge is -2.26. The number of rotatable bonds is 2. The Balaban J connectivity index is 1.81. The van der Waals surface area contributed by atoms with Gasteiger partial charge in [0.1, 0.15) is 0 Å². The number of carbonyl (C=O) groups excluding carboxylic acids is 1. The Kier molecular flexibility index (Phi) is 3.37. The normalized spacial score (nSPS) is 17.3. The SMILES string of the molecule is Nc1ccc2c(c1)CCCC2NC(=O)c1cccnc1. The van der Waals surface area contributed by atoms with Gasteiger partial charge in [-0.1, -0.05) is 6.07 Å². The van der Waals surface area contributed by atoms with Crippen LogP contribution in [0.25, 0.3) is 0 Å². The lowest BCUT2D eigenvalue weighted by atomic mass is 9.87. The molecule has 1 amide bonds. The highest BCUT2D eigenvalue weighted by molar-refractivity contribution is 5.94. The van der Waals surface area contributed by atoms with Gasteiger partial charge in [0.15, 0.2) is 0 Å². The van der Waals surface area contributed by atoms with Gasteiger partial charge >= 0.3 is 0 Å². The molecule has 102 valence electrons. The summed E-state index contributed by atoms with van der Waals surface area (Å²) >= 11 is 0. The molecule has 0 bridgehead atoms. The molecule has 0 fully saturated rings. The molecule has 4 nitrogen and oxygen atoms in total. The molecule has 0 radical (unpaired) electrons. The van der Waals surface area contributed by atoms with E-state index >= 15 is 0 Å². The Hall–Kier alpha value is -2.36. The van der Waals surface area contributed by atoms with Crippen LogP contribution < -0.4 is 11.1 Å². The molecule has 3 rings (SSSR count). The van der Waals surface area contributed by atoms with Crippen molar-refractivity contribution in [3.63, 3.8) is 0 Å². The van der Waals surface area contributed by atoms with Crippen LogP contribution in [0.5, 0.6) is 0 Å². The van der Waals surface area contributed by atoms with Crippen molar-refractivity contribution in [2.45, 2.75) is 25.3 Å². The number of nitrogens with zero attached hydrogens (tertiary/aromatic N) is 1. The molecular weight excluding hydrogens is 250 g/mol. The topological polar surface area (TPSA) is 68.0 Å². The van der Waals surface area contributed by atoms with Crippen molar-refractivity contribution in [3.05, 3.63) is 59.4 Å². The molecule has 0 saturated carbocycles. The Bertz CT molecular complexity index is 625. The van der Waals surface area contributed by atoms with E-state index in [1.165, 1.54) is 11.1 Å². The van der Waals surface area contributed by atoms with E-state index in [1.54, 1.807) is 24.5 Å². The van der Waals surface area contributed by atoms with E-state index in [-0.39, 0.29) is 11.9 Å². The van der Waals surface area contributed by atoms with Crippen molar-refractivity contribution >= 4 is 11.6 Å². The zero-order valence-electron chi connectivity index (χ0n) is 11.2. The number of nitrogen functional groups attached to an aromatic ring is 1. The van der Waals surface area contributed by atoms with Crippen molar-refractivity contribution in [2.24, 2.45) is 0 Å². The van der Waals surface area contributed by atoms with E-state index < -0.39 is 0 Å². The van der Waals surface area contributed by atoms with Gasteiger partial charge in [-0.25, -0.2) is 0 Å². The van der Waals surface area contributed by atoms with Gasteiger partial charge in [0.25, 0.3) is 5.91 Å². The maximum atomic E-state index is 12.2. The average Bonchev–Trinajstić information content (AvgIpc) is 2.48. The first-order chi connectivity index (χ1) is 9.74. The summed E-state index contributed by atoms with van der Waals surface area (Å²) in [5, 5.41) is 3.09. The quantitative estimate of drug-likeness (QED) is 0.821. The molecule has 0 aliphatic heterocycles. The monoisotopic (exact) mass is 267 g/mol. The van der Waals surface area contributed by atoms with Crippen molar-refractivity contribution < 1.29 is 4.79 Å². The first kappa shape index (κ1) is 12.7. The number of benzene rings is 1. The number of carbonyl (C=O) groups is 1. The van der Waals surface area contributed by atoms with Crippen LogP contribution in [0.3, 0.4) is 0 Å². The fraction of sp³-hybridized carbons (Fsp3) is 0.250. The molecule has 1 heterocycles. The standard InChI is InChI=1S/C16H17N3O/c17-13-6-7-14-11(9-13)3-1-5-15(14)19-16(20)12-4-2-8-18-10-12/h2,4,6-10,15H,1,3,5,17H2,(H,19,20). The van der Waals surface area contributed by atoms with Crippen molar-refractivity contribution in [1.82, 2.24) is 10.3 Å². The van der Waals surface area contributed by atoms with Gasteiger partial charge < -0.3 is 11.1 Å². The van der Waals surface area contributed by atoms with E-state index in [4.69, 9.17) is 5.73 Å². The van der Waals surface area contributed by atoms with Crippen LogP contribution in [0, 0.1) is 0 Å². The van der Waals surface area contributed by atoms with Gasteiger partial charge in [-0.05, 0) is 54.7 Å². The first-order valence-corrected chi connectivity index (χ1v) is 6.83. The minimum absolute atomic E-state index is 0.0621. The van der Waals surface area contributed by atoms with E-state index in [0.29, 0.717) is 5.56 Å². The highest BCUT2D eigenvalue weighted by atomic mass is 16.1. The fourth-order valence-electron chi connectivity index (χ4n) is 2.72. The second kappa shape index (κ2) is 5.33. The van der Waals surface area contributed by atoms with Crippen LogP contribution in [0.15, 0.2) is 42.7 Å². The van der Waals surface area contributed by atoms with Gasteiger partial charge in [-0.2, -0.15) is 0 Å². The minimum atomic E-state index is -0.0761. The van der Waals surface area contributed by atoms with Crippen molar-refractivity contribution in [3.8, 4) is 0 Å². The molecule has 1 atom stereocenters. The Morgan fingerprint density at radius 3 is 3.05 bits per heavy atom. The largest absolute Gasteiger partial charge is 0.399 e. The van der Waals surface area contributed by atoms with Gasteiger partial charge in [-0.15, -0.1) is 0 Å². The molecular formula is C16H17N3O. The maximum absolute atomic E-state index is 12.2. The number of hydrogen-bond acceptors (Lipinski definition) is 3. The molecule has 2 aromatic rings. The second-order valence-corrected chi connectivity index (χ2v) is 5.12. The van der Waals surface area contributed by atoms with Gasteiger partial charge in [0.05, 0.1) is 11.6 Å². The minimum Gasteiger partial charge on any atom is -0.399 e. The van der Waals surface area contributed by atoms with Gasteiger partial charge in [-0.3, -0.25) is 9.78 Å². The summed E-state index contributed by atoms with van der Waals surface area (Å²) in [6.45, 7) is 0. The predicted molar refractivity (Wildman–Crippen MR) is 78.2 cm³/mol. The zero-order chi connectivity index (χ0) is 13.9. The molecule has 0 saturated heterocycles. The highest BCUT2D eigenvalue weighted by Gasteiger charge is 2.22. The third kappa shape index (κ3) is 2.50. The number of fused-ring (bicyclic) bond motifs is 1. The molecule has 1 aliphatic rings. The molecule has 0 spiro atoms. The van der Waals surface area contributed by atoms with E-state index in [0.717, 1.165) is 24.9 Å². The van der Waals surface area contributed by atoms with Crippen LogP contribution in [0.4, 0.5) is 5.69 Å². The van der Waals surface area contributed by atoms with E-state index in [1.807, 2.05) is 18.2 Å². The summed E-state index contributed by atoms with van der Waals surface area (Å²) in [4.78, 5) is 16.2. The van der Waals surface area contributed by atoms with E-state index in [2.05, 4.69) is 10.3 Å². The molecule has 20 heavy (non-hydrogen) atoms. The van der Waals surface area contributed by atoms with Crippen LogP contribution in [0.2, 0.25) is 0 Å². The number of nitrogens with one attached hydrogen (secondary N) is 1. The molecule has 1 unspecified atom stereocenters. The summed E-state index contributed by atoms with van der Waals surface area (Å²) in [5.74, 6) is -0.0761.